The van der Waals surface area contributed by atoms with Crippen LogP contribution in [0.25, 0.3) is 0 Å². The first kappa shape index (κ1) is 12.9. The lowest BCUT2D eigenvalue weighted by Crippen LogP contribution is -2.39. The maximum absolute atomic E-state index is 6.22. The molecule has 0 aromatic carbocycles. The predicted molar refractivity (Wildman–Crippen MR) is 73.1 cm³/mol. The van der Waals surface area contributed by atoms with Gasteiger partial charge in [-0.1, -0.05) is 11.6 Å². The average Bonchev–Trinajstić information content (AvgIpc) is 2.49. The Morgan fingerprint density at radius 2 is 1.53 bits per heavy atom. The fourth-order valence-electron chi connectivity index (χ4n) is 2.26. The van der Waals surface area contributed by atoms with Crippen LogP contribution in [-0.2, 0) is 9.47 Å². The van der Waals surface area contributed by atoms with E-state index in [-0.39, 0.29) is 0 Å². The molecule has 0 unspecified atom stereocenters. The molecule has 2 saturated heterocycles. The van der Waals surface area contributed by atoms with E-state index >= 15 is 0 Å². The van der Waals surface area contributed by atoms with Gasteiger partial charge in [-0.25, -0.2) is 4.98 Å². The van der Waals surface area contributed by atoms with Gasteiger partial charge in [-0.3, -0.25) is 0 Å². The topological polar surface area (TPSA) is 50.7 Å². The second-order valence-electron chi connectivity index (χ2n) is 4.54. The van der Waals surface area contributed by atoms with Crippen molar-refractivity contribution in [2.75, 3.05) is 62.4 Å². The summed E-state index contributed by atoms with van der Waals surface area (Å²) >= 11 is 6.22. The molecule has 0 saturated carbocycles. The highest BCUT2D eigenvalue weighted by Gasteiger charge is 2.20. The van der Waals surface area contributed by atoms with Gasteiger partial charge in [0.2, 0.25) is 5.95 Å². The third-order valence-corrected chi connectivity index (χ3v) is 3.58. The van der Waals surface area contributed by atoms with Crippen LogP contribution in [0.5, 0.6) is 0 Å². The molecule has 3 heterocycles. The maximum Gasteiger partial charge on any atom is 0.227 e. The van der Waals surface area contributed by atoms with E-state index in [0.717, 1.165) is 51.2 Å². The highest BCUT2D eigenvalue weighted by Crippen LogP contribution is 2.25. The Hall–Kier alpha value is -1.11. The molecule has 0 N–H and O–H groups in total. The van der Waals surface area contributed by atoms with Gasteiger partial charge in [-0.15, -0.1) is 0 Å². The summed E-state index contributed by atoms with van der Waals surface area (Å²) in [7, 11) is 0. The van der Waals surface area contributed by atoms with Crippen molar-refractivity contribution in [3.05, 3.63) is 11.2 Å². The lowest BCUT2D eigenvalue weighted by molar-refractivity contribution is 0.121. The summed E-state index contributed by atoms with van der Waals surface area (Å²) < 4.78 is 10.7. The van der Waals surface area contributed by atoms with Crippen molar-refractivity contribution < 1.29 is 9.47 Å². The SMILES string of the molecule is Clc1cnc(N2CCOCC2)nc1N1CCOCC1. The van der Waals surface area contributed by atoms with Crippen molar-refractivity contribution in [2.24, 2.45) is 0 Å². The second kappa shape index (κ2) is 5.90. The molecule has 2 aliphatic rings. The number of hydrogen-bond acceptors (Lipinski definition) is 6. The van der Waals surface area contributed by atoms with Gasteiger partial charge in [-0.2, -0.15) is 4.98 Å². The molecule has 3 rings (SSSR count). The smallest absolute Gasteiger partial charge is 0.227 e. The Labute approximate surface area is 117 Å². The molecule has 104 valence electrons. The van der Waals surface area contributed by atoms with Gasteiger partial charge in [0.1, 0.15) is 5.02 Å². The number of aromatic nitrogens is 2. The molecule has 1 aromatic rings. The molecular weight excluding hydrogens is 268 g/mol. The minimum atomic E-state index is 0.596. The van der Waals surface area contributed by atoms with E-state index in [9.17, 15) is 0 Å². The summed E-state index contributed by atoms with van der Waals surface area (Å²) in [5.74, 6) is 1.54. The number of anilines is 2. The van der Waals surface area contributed by atoms with E-state index in [0.29, 0.717) is 18.2 Å². The largest absolute Gasteiger partial charge is 0.378 e. The number of ether oxygens (including phenoxy) is 2. The van der Waals surface area contributed by atoms with Crippen LogP contribution in [-0.4, -0.2) is 62.6 Å². The van der Waals surface area contributed by atoms with Crippen LogP contribution < -0.4 is 9.80 Å². The number of nitrogens with zero attached hydrogens (tertiary/aromatic N) is 4. The molecule has 19 heavy (non-hydrogen) atoms. The fourth-order valence-corrected chi connectivity index (χ4v) is 2.47. The van der Waals surface area contributed by atoms with Crippen LogP contribution >= 0.6 is 11.6 Å². The highest BCUT2D eigenvalue weighted by atomic mass is 35.5. The summed E-state index contributed by atoms with van der Waals surface area (Å²) in [6, 6.07) is 0. The lowest BCUT2D eigenvalue weighted by Gasteiger charge is -2.31. The summed E-state index contributed by atoms with van der Waals surface area (Å²) in [5, 5.41) is 0.596. The van der Waals surface area contributed by atoms with Crippen molar-refractivity contribution in [2.45, 2.75) is 0 Å². The molecule has 6 nitrogen and oxygen atoms in total. The Morgan fingerprint density at radius 1 is 0.947 bits per heavy atom. The van der Waals surface area contributed by atoms with E-state index in [4.69, 9.17) is 21.1 Å². The van der Waals surface area contributed by atoms with E-state index in [1.807, 2.05) is 0 Å². The number of morpholine rings is 2. The zero-order chi connectivity index (χ0) is 13.1. The van der Waals surface area contributed by atoms with Gasteiger partial charge < -0.3 is 19.3 Å². The minimum absolute atomic E-state index is 0.596. The third-order valence-electron chi connectivity index (χ3n) is 3.32. The van der Waals surface area contributed by atoms with E-state index in [2.05, 4.69) is 19.8 Å². The maximum atomic E-state index is 6.22. The Kier molecular flexibility index (Phi) is 4.00. The van der Waals surface area contributed by atoms with Crippen molar-refractivity contribution in [3.8, 4) is 0 Å². The molecule has 0 atom stereocenters. The first-order valence-electron chi connectivity index (χ1n) is 6.52. The third kappa shape index (κ3) is 2.91. The second-order valence-corrected chi connectivity index (χ2v) is 4.95. The van der Waals surface area contributed by atoms with Crippen LogP contribution in [0.1, 0.15) is 0 Å². The molecule has 0 aliphatic carbocycles. The summed E-state index contributed by atoms with van der Waals surface area (Å²) in [6.07, 6.45) is 1.68. The van der Waals surface area contributed by atoms with Gasteiger partial charge in [0.25, 0.3) is 0 Å². The van der Waals surface area contributed by atoms with Crippen molar-refractivity contribution >= 4 is 23.4 Å². The summed E-state index contributed by atoms with van der Waals surface area (Å²) in [4.78, 5) is 13.2. The lowest BCUT2D eigenvalue weighted by atomic mass is 10.4. The van der Waals surface area contributed by atoms with E-state index in [1.165, 1.54) is 0 Å². The normalized spacial score (nSPS) is 20.7. The van der Waals surface area contributed by atoms with Crippen LogP contribution in [0.2, 0.25) is 5.02 Å². The molecule has 1 aromatic heterocycles. The van der Waals surface area contributed by atoms with Crippen LogP contribution in [0, 0.1) is 0 Å². The van der Waals surface area contributed by atoms with Crippen molar-refractivity contribution in [1.82, 2.24) is 9.97 Å². The van der Waals surface area contributed by atoms with Crippen molar-refractivity contribution in [1.29, 1.82) is 0 Å². The number of rotatable bonds is 2. The monoisotopic (exact) mass is 284 g/mol. The van der Waals surface area contributed by atoms with E-state index in [1.54, 1.807) is 6.20 Å². The van der Waals surface area contributed by atoms with Crippen LogP contribution in [0.3, 0.4) is 0 Å². The van der Waals surface area contributed by atoms with Gasteiger partial charge in [0.15, 0.2) is 5.82 Å². The van der Waals surface area contributed by atoms with Crippen LogP contribution in [0.15, 0.2) is 6.20 Å². The molecule has 0 amide bonds. The molecule has 0 spiro atoms. The number of halogens is 1. The molecule has 2 aliphatic heterocycles. The Balaban J connectivity index is 1.82. The van der Waals surface area contributed by atoms with E-state index < -0.39 is 0 Å². The molecule has 2 fully saturated rings. The first-order valence-corrected chi connectivity index (χ1v) is 6.90. The van der Waals surface area contributed by atoms with Gasteiger partial charge in [0, 0.05) is 26.2 Å². The van der Waals surface area contributed by atoms with Crippen molar-refractivity contribution in [3.63, 3.8) is 0 Å². The quantitative estimate of drug-likeness (QED) is 0.801. The van der Waals surface area contributed by atoms with Gasteiger partial charge in [0.05, 0.1) is 32.6 Å². The average molecular weight is 285 g/mol. The minimum Gasteiger partial charge on any atom is -0.378 e. The van der Waals surface area contributed by atoms with Crippen LogP contribution in [0.4, 0.5) is 11.8 Å². The fraction of sp³-hybridized carbons (Fsp3) is 0.667. The Bertz CT molecular complexity index is 434. The standard InChI is InChI=1S/C12H17ClN4O2/c13-10-9-14-12(17-3-7-19-8-4-17)15-11(10)16-1-5-18-6-2-16/h9H,1-8H2. The zero-order valence-electron chi connectivity index (χ0n) is 10.7. The predicted octanol–water partition coefficient (Wildman–Crippen LogP) is 0.803. The summed E-state index contributed by atoms with van der Waals surface area (Å²) in [5.41, 5.74) is 0. The number of hydrogen-bond donors (Lipinski definition) is 0. The molecule has 7 heteroatoms. The zero-order valence-corrected chi connectivity index (χ0v) is 11.5. The Morgan fingerprint density at radius 3 is 2.16 bits per heavy atom. The van der Waals surface area contributed by atoms with Gasteiger partial charge in [-0.05, 0) is 0 Å². The summed E-state index contributed by atoms with van der Waals surface area (Å²) in [6.45, 7) is 6.16. The highest BCUT2D eigenvalue weighted by molar-refractivity contribution is 6.32. The molecule has 0 radical (unpaired) electrons. The van der Waals surface area contributed by atoms with Gasteiger partial charge >= 0.3 is 0 Å². The molecule has 0 bridgehead atoms. The first-order chi connectivity index (χ1) is 9.34. The molecular formula is C12H17ClN4O2.